The smallest absolute Gasteiger partial charge is 0.123 e. The molecule has 2 aromatic rings. The first kappa shape index (κ1) is 20.5. The summed E-state index contributed by atoms with van der Waals surface area (Å²) in [6.07, 6.45) is 3.78. The Kier molecular flexibility index (Phi) is 7.31. The largest absolute Gasteiger partial charge is 0.376 e. The summed E-state index contributed by atoms with van der Waals surface area (Å²) in [5, 5.41) is 0. The zero-order valence-electron chi connectivity index (χ0n) is 17.3. The maximum Gasteiger partial charge on any atom is 0.123 e. The number of benzene rings is 2. The lowest BCUT2D eigenvalue weighted by atomic mass is 9.96. The van der Waals surface area contributed by atoms with Crippen LogP contribution in [-0.2, 0) is 17.9 Å². The molecule has 0 aromatic heterocycles. The van der Waals surface area contributed by atoms with Gasteiger partial charge in [0.1, 0.15) is 5.82 Å². The van der Waals surface area contributed by atoms with Gasteiger partial charge in [0.2, 0.25) is 0 Å². The van der Waals surface area contributed by atoms with Gasteiger partial charge < -0.3 is 9.64 Å². The van der Waals surface area contributed by atoms with Crippen molar-refractivity contribution in [3.05, 3.63) is 71.5 Å². The van der Waals surface area contributed by atoms with Crippen molar-refractivity contribution >= 4 is 0 Å². The summed E-state index contributed by atoms with van der Waals surface area (Å²) in [7, 11) is 0. The van der Waals surface area contributed by atoms with E-state index in [0.717, 1.165) is 24.6 Å². The van der Waals surface area contributed by atoms with Crippen LogP contribution in [0.25, 0.3) is 0 Å². The Balaban J connectivity index is 1.11. The van der Waals surface area contributed by atoms with Crippen molar-refractivity contribution in [1.29, 1.82) is 0 Å². The summed E-state index contributed by atoms with van der Waals surface area (Å²) in [5.41, 5.74) is 2.47. The lowest BCUT2D eigenvalue weighted by Gasteiger charge is -2.33. The van der Waals surface area contributed by atoms with Gasteiger partial charge in [-0.3, -0.25) is 4.90 Å². The number of piperidine rings is 1. The molecule has 0 N–H and O–H groups in total. The summed E-state index contributed by atoms with van der Waals surface area (Å²) in [5.74, 6) is 1.28. The first-order valence-electron chi connectivity index (χ1n) is 11.1. The van der Waals surface area contributed by atoms with Gasteiger partial charge in [-0.25, -0.2) is 4.39 Å². The van der Waals surface area contributed by atoms with Gasteiger partial charge in [0.25, 0.3) is 0 Å². The third kappa shape index (κ3) is 6.36. The number of rotatable bonds is 8. The predicted octanol–water partition coefficient (Wildman–Crippen LogP) is 4.58. The van der Waals surface area contributed by atoms with Crippen LogP contribution in [-0.4, -0.2) is 49.1 Å². The van der Waals surface area contributed by atoms with Gasteiger partial charge in [-0.05, 0) is 74.0 Å². The molecule has 2 aliphatic heterocycles. The van der Waals surface area contributed by atoms with Crippen LogP contribution in [0.3, 0.4) is 0 Å². The molecule has 0 spiro atoms. The van der Waals surface area contributed by atoms with Crippen LogP contribution >= 0.6 is 0 Å². The normalized spacial score (nSPS) is 21.6. The number of nitrogens with zero attached hydrogens (tertiary/aromatic N) is 2. The highest BCUT2D eigenvalue weighted by Crippen LogP contribution is 2.23. The van der Waals surface area contributed by atoms with Crippen molar-refractivity contribution in [2.75, 3.05) is 39.3 Å². The molecule has 1 atom stereocenters. The molecule has 2 heterocycles. The Labute approximate surface area is 174 Å². The molecular weight excluding hydrogens is 363 g/mol. The van der Waals surface area contributed by atoms with E-state index in [0.29, 0.717) is 12.5 Å². The fraction of sp³-hybridized carbons (Fsp3) is 0.520. The van der Waals surface area contributed by atoms with Crippen molar-refractivity contribution in [2.45, 2.75) is 32.4 Å². The number of halogens is 1. The van der Waals surface area contributed by atoms with E-state index in [1.807, 2.05) is 0 Å². The molecule has 2 aromatic carbocycles. The van der Waals surface area contributed by atoms with Crippen LogP contribution in [0.4, 0.5) is 4.39 Å². The van der Waals surface area contributed by atoms with E-state index in [2.05, 4.69) is 40.1 Å². The Hall–Kier alpha value is -1.75. The fourth-order valence-electron chi connectivity index (χ4n) is 4.67. The fourth-order valence-corrected chi connectivity index (χ4v) is 4.67. The average molecular weight is 397 g/mol. The van der Waals surface area contributed by atoms with Gasteiger partial charge in [0.15, 0.2) is 0 Å². The van der Waals surface area contributed by atoms with Crippen molar-refractivity contribution in [2.24, 2.45) is 11.8 Å². The molecule has 1 unspecified atom stereocenters. The van der Waals surface area contributed by atoms with Crippen LogP contribution in [0.1, 0.15) is 30.4 Å². The van der Waals surface area contributed by atoms with Crippen molar-refractivity contribution in [3.8, 4) is 0 Å². The van der Waals surface area contributed by atoms with E-state index < -0.39 is 0 Å². The van der Waals surface area contributed by atoms with E-state index in [1.165, 1.54) is 69.7 Å². The quantitative estimate of drug-likeness (QED) is 0.650. The van der Waals surface area contributed by atoms with Crippen LogP contribution in [0.5, 0.6) is 0 Å². The monoisotopic (exact) mass is 396 g/mol. The number of likely N-dealkylation sites (tertiary alicyclic amines) is 2. The lowest BCUT2D eigenvalue weighted by molar-refractivity contribution is 0.0546. The molecular formula is C25H33FN2O. The third-order valence-corrected chi connectivity index (χ3v) is 6.38. The Bertz CT molecular complexity index is 728. The average Bonchev–Trinajstić information content (AvgIpc) is 3.18. The first-order valence-corrected chi connectivity index (χ1v) is 11.1. The Morgan fingerprint density at radius 3 is 2.24 bits per heavy atom. The molecule has 2 aliphatic rings. The molecule has 0 radical (unpaired) electrons. The molecule has 4 heteroatoms. The second-order valence-corrected chi connectivity index (χ2v) is 8.76. The van der Waals surface area contributed by atoms with E-state index >= 15 is 0 Å². The minimum atomic E-state index is -0.188. The first-order chi connectivity index (χ1) is 14.2. The van der Waals surface area contributed by atoms with Gasteiger partial charge in [0.05, 0.1) is 6.61 Å². The molecule has 156 valence electrons. The second kappa shape index (κ2) is 10.3. The summed E-state index contributed by atoms with van der Waals surface area (Å²) in [6, 6.07) is 17.4. The minimum Gasteiger partial charge on any atom is -0.376 e. The van der Waals surface area contributed by atoms with Crippen molar-refractivity contribution in [3.63, 3.8) is 0 Å². The van der Waals surface area contributed by atoms with Gasteiger partial charge in [-0.1, -0.05) is 42.5 Å². The molecule has 4 rings (SSSR count). The molecule has 3 nitrogen and oxygen atoms in total. The molecule has 0 bridgehead atoms. The van der Waals surface area contributed by atoms with Crippen LogP contribution in [0.2, 0.25) is 0 Å². The number of hydrogen-bond acceptors (Lipinski definition) is 3. The number of ether oxygens (including phenoxy) is 1. The van der Waals surface area contributed by atoms with Gasteiger partial charge in [0, 0.05) is 26.2 Å². The predicted molar refractivity (Wildman–Crippen MR) is 115 cm³/mol. The van der Waals surface area contributed by atoms with E-state index in [1.54, 1.807) is 12.1 Å². The Morgan fingerprint density at radius 1 is 0.793 bits per heavy atom. The SMILES string of the molecule is Fc1ccc(COCC2CCN(CC3CCN(Cc4ccccc4)C3)CC2)cc1. The second-order valence-electron chi connectivity index (χ2n) is 8.76. The lowest BCUT2D eigenvalue weighted by Crippen LogP contribution is -2.38. The molecule has 0 amide bonds. The summed E-state index contributed by atoms with van der Waals surface area (Å²) >= 11 is 0. The zero-order valence-corrected chi connectivity index (χ0v) is 17.3. The summed E-state index contributed by atoms with van der Waals surface area (Å²) in [4.78, 5) is 5.27. The standard InChI is InChI=1S/C25H33FN2O/c26-25-8-6-22(7-9-25)19-29-20-23-10-13-27(14-11-23)17-24-12-15-28(18-24)16-21-4-2-1-3-5-21/h1-9,23-24H,10-20H2. The molecule has 29 heavy (non-hydrogen) atoms. The minimum absolute atomic E-state index is 0.188. The van der Waals surface area contributed by atoms with E-state index in [4.69, 9.17) is 4.74 Å². The van der Waals surface area contributed by atoms with Gasteiger partial charge in [-0.15, -0.1) is 0 Å². The van der Waals surface area contributed by atoms with E-state index in [-0.39, 0.29) is 5.82 Å². The van der Waals surface area contributed by atoms with Crippen LogP contribution in [0.15, 0.2) is 54.6 Å². The maximum atomic E-state index is 13.0. The topological polar surface area (TPSA) is 15.7 Å². The molecule has 0 saturated carbocycles. The van der Waals surface area contributed by atoms with Crippen molar-refractivity contribution in [1.82, 2.24) is 9.80 Å². The van der Waals surface area contributed by atoms with Crippen molar-refractivity contribution < 1.29 is 9.13 Å². The Morgan fingerprint density at radius 2 is 1.48 bits per heavy atom. The third-order valence-electron chi connectivity index (χ3n) is 6.38. The molecule has 2 saturated heterocycles. The summed E-state index contributed by atoms with van der Waals surface area (Å²) < 4.78 is 18.8. The highest BCUT2D eigenvalue weighted by atomic mass is 19.1. The highest BCUT2D eigenvalue weighted by Gasteiger charge is 2.26. The number of hydrogen-bond donors (Lipinski definition) is 0. The maximum absolute atomic E-state index is 13.0. The van der Waals surface area contributed by atoms with Gasteiger partial charge in [-0.2, -0.15) is 0 Å². The van der Waals surface area contributed by atoms with Gasteiger partial charge >= 0.3 is 0 Å². The summed E-state index contributed by atoms with van der Waals surface area (Å²) in [6.45, 7) is 8.58. The highest BCUT2D eigenvalue weighted by molar-refractivity contribution is 5.15. The zero-order chi connectivity index (χ0) is 19.9. The van der Waals surface area contributed by atoms with Crippen LogP contribution in [0, 0.1) is 17.7 Å². The van der Waals surface area contributed by atoms with E-state index in [9.17, 15) is 4.39 Å². The molecule has 0 aliphatic carbocycles. The van der Waals surface area contributed by atoms with Crippen LogP contribution < -0.4 is 0 Å². The molecule has 2 fully saturated rings.